The molecular formula is C11H10N2OS. The topological polar surface area (TPSA) is 48.1 Å². The van der Waals surface area contributed by atoms with Gasteiger partial charge in [-0.2, -0.15) is 0 Å². The Morgan fingerprint density at radius 3 is 2.80 bits per heavy atom. The van der Waals surface area contributed by atoms with E-state index in [9.17, 15) is 0 Å². The number of rotatable bonds is 2. The number of hydrogen-bond donors (Lipinski definition) is 1. The average molecular weight is 218 g/mol. The van der Waals surface area contributed by atoms with Gasteiger partial charge in [-0.25, -0.2) is 4.98 Å². The third-order valence-electron chi connectivity index (χ3n) is 2.16. The van der Waals surface area contributed by atoms with Crippen LogP contribution in [-0.2, 0) is 0 Å². The van der Waals surface area contributed by atoms with Gasteiger partial charge >= 0.3 is 0 Å². The van der Waals surface area contributed by atoms with Crippen molar-refractivity contribution in [1.29, 1.82) is 0 Å². The number of benzene rings is 1. The predicted octanol–water partition coefficient (Wildman–Crippen LogP) is 1.88. The van der Waals surface area contributed by atoms with Crippen molar-refractivity contribution < 1.29 is 4.74 Å². The van der Waals surface area contributed by atoms with Crippen LogP contribution in [-0.4, -0.2) is 17.1 Å². The first kappa shape index (κ1) is 9.86. The van der Waals surface area contributed by atoms with Gasteiger partial charge in [0.1, 0.15) is 16.3 Å². The van der Waals surface area contributed by atoms with E-state index in [-0.39, 0.29) is 0 Å². The molecule has 0 unspecified atom stereocenters. The molecular weight excluding hydrogens is 208 g/mol. The van der Waals surface area contributed by atoms with Gasteiger partial charge < -0.3 is 10.5 Å². The fourth-order valence-electron chi connectivity index (χ4n) is 1.42. The molecule has 0 saturated carbocycles. The summed E-state index contributed by atoms with van der Waals surface area (Å²) < 4.78 is 5.22. The number of aromatic nitrogens is 1. The van der Waals surface area contributed by atoms with Crippen LogP contribution in [0.2, 0.25) is 0 Å². The quantitative estimate of drug-likeness (QED) is 0.782. The SMILES string of the molecule is COc1cccc2ccc(C(N)=S)nc12. The van der Waals surface area contributed by atoms with E-state index in [0.29, 0.717) is 10.7 Å². The van der Waals surface area contributed by atoms with Gasteiger partial charge in [0.2, 0.25) is 0 Å². The minimum absolute atomic E-state index is 0.294. The van der Waals surface area contributed by atoms with Gasteiger partial charge in [-0.15, -0.1) is 0 Å². The van der Waals surface area contributed by atoms with Crippen molar-refractivity contribution in [3.8, 4) is 5.75 Å². The number of thiocarbonyl (C=S) groups is 1. The van der Waals surface area contributed by atoms with Crippen molar-refractivity contribution in [3.05, 3.63) is 36.0 Å². The summed E-state index contributed by atoms with van der Waals surface area (Å²) in [6.07, 6.45) is 0. The lowest BCUT2D eigenvalue weighted by molar-refractivity contribution is 0.419. The fraction of sp³-hybridized carbons (Fsp3) is 0.0909. The fourth-order valence-corrected chi connectivity index (χ4v) is 1.54. The first-order valence-electron chi connectivity index (χ1n) is 4.46. The van der Waals surface area contributed by atoms with Crippen molar-refractivity contribution in [2.45, 2.75) is 0 Å². The maximum Gasteiger partial charge on any atom is 0.145 e. The molecule has 2 aromatic rings. The molecule has 1 aromatic heterocycles. The van der Waals surface area contributed by atoms with E-state index < -0.39 is 0 Å². The van der Waals surface area contributed by atoms with Crippen molar-refractivity contribution >= 4 is 28.1 Å². The van der Waals surface area contributed by atoms with Gasteiger partial charge in [0, 0.05) is 5.39 Å². The standard InChI is InChI=1S/C11H10N2OS/c1-14-9-4-2-3-7-5-6-8(11(12)15)13-10(7)9/h2-6H,1H3,(H2,12,15). The van der Waals surface area contributed by atoms with Crippen molar-refractivity contribution in [3.63, 3.8) is 0 Å². The molecule has 0 bridgehead atoms. The minimum Gasteiger partial charge on any atom is -0.494 e. The lowest BCUT2D eigenvalue weighted by atomic mass is 10.2. The molecule has 0 atom stereocenters. The normalized spacial score (nSPS) is 10.2. The van der Waals surface area contributed by atoms with Crippen LogP contribution in [0.15, 0.2) is 30.3 Å². The van der Waals surface area contributed by atoms with Gasteiger partial charge in [-0.3, -0.25) is 0 Å². The van der Waals surface area contributed by atoms with E-state index in [1.165, 1.54) is 0 Å². The molecule has 3 nitrogen and oxygen atoms in total. The van der Waals surface area contributed by atoms with Crippen molar-refractivity contribution in [1.82, 2.24) is 4.98 Å². The van der Waals surface area contributed by atoms with E-state index in [4.69, 9.17) is 22.7 Å². The van der Waals surface area contributed by atoms with Crippen LogP contribution in [0.3, 0.4) is 0 Å². The highest BCUT2D eigenvalue weighted by Gasteiger charge is 2.04. The zero-order valence-electron chi connectivity index (χ0n) is 8.23. The molecule has 1 aromatic carbocycles. The zero-order valence-corrected chi connectivity index (χ0v) is 9.04. The van der Waals surface area contributed by atoms with Crippen LogP contribution >= 0.6 is 12.2 Å². The first-order chi connectivity index (χ1) is 7.22. The molecule has 0 aliphatic carbocycles. The molecule has 0 saturated heterocycles. The Hall–Kier alpha value is -1.68. The lowest BCUT2D eigenvalue weighted by Crippen LogP contribution is -2.11. The summed E-state index contributed by atoms with van der Waals surface area (Å²) in [5.74, 6) is 0.727. The van der Waals surface area contributed by atoms with Crippen LogP contribution in [0.5, 0.6) is 5.75 Å². The van der Waals surface area contributed by atoms with Crippen LogP contribution in [0.25, 0.3) is 10.9 Å². The number of ether oxygens (including phenoxy) is 1. The Balaban J connectivity index is 2.72. The molecule has 0 spiro atoms. The van der Waals surface area contributed by atoms with E-state index in [1.807, 2.05) is 30.3 Å². The Morgan fingerprint density at radius 2 is 2.13 bits per heavy atom. The van der Waals surface area contributed by atoms with Crippen LogP contribution in [0.1, 0.15) is 5.69 Å². The smallest absolute Gasteiger partial charge is 0.145 e. The van der Waals surface area contributed by atoms with E-state index in [2.05, 4.69) is 4.98 Å². The molecule has 0 radical (unpaired) electrons. The van der Waals surface area contributed by atoms with E-state index >= 15 is 0 Å². The van der Waals surface area contributed by atoms with Gasteiger partial charge in [0.15, 0.2) is 0 Å². The summed E-state index contributed by atoms with van der Waals surface area (Å²) in [6, 6.07) is 9.49. The number of nitrogens with two attached hydrogens (primary N) is 1. The lowest BCUT2D eigenvalue weighted by Gasteiger charge is -2.05. The van der Waals surface area contributed by atoms with E-state index in [1.54, 1.807) is 7.11 Å². The predicted molar refractivity (Wildman–Crippen MR) is 64.2 cm³/mol. The molecule has 0 fully saturated rings. The molecule has 0 amide bonds. The highest BCUT2D eigenvalue weighted by Crippen LogP contribution is 2.23. The Labute approximate surface area is 92.9 Å². The summed E-state index contributed by atoms with van der Waals surface area (Å²) in [6.45, 7) is 0. The number of methoxy groups -OCH3 is 1. The number of nitrogens with zero attached hydrogens (tertiary/aromatic N) is 1. The van der Waals surface area contributed by atoms with Gasteiger partial charge in [-0.05, 0) is 12.1 Å². The summed E-state index contributed by atoms with van der Waals surface area (Å²) in [5.41, 5.74) is 6.92. The number of para-hydroxylation sites is 1. The number of pyridine rings is 1. The second-order valence-corrected chi connectivity index (χ2v) is 3.53. The molecule has 2 rings (SSSR count). The molecule has 4 heteroatoms. The Kier molecular flexibility index (Phi) is 2.51. The highest BCUT2D eigenvalue weighted by molar-refractivity contribution is 7.80. The summed E-state index contributed by atoms with van der Waals surface area (Å²) in [4.78, 5) is 4.65. The van der Waals surface area contributed by atoms with Crippen LogP contribution in [0, 0.1) is 0 Å². The molecule has 1 heterocycles. The van der Waals surface area contributed by atoms with Crippen LogP contribution < -0.4 is 10.5 Å². The summed E-state index contributed by atoms with van der Waals surface area (Å²) in [7, 11) is 1.61. The molecule has 2 N–H and O–H groups in total. The highest BCUT2D eigenvalue weighted by atomic mass is 32.1. The maximum atomic E-state index is 5.52. The third-order valence-corrected chi connectivity index (χ3v) is 2.36. The Morgan fingerprint density at radius 1 is 1.33 bits per heavy atom. The van der Waals surface area contributed by atoms with Crippen molar-refractivity contribution in [2.24, 2.45) is 5.73 Å². The first-order valence-corrected chi connectivity index (χ1v) is 4.87. The summed E-state index contributed by atoms with van der Waals surface area (Å²) in [5, 5.41) is 1.01. The van der Waals surface area contributed by atoms with Gasteiger partial charge in [0.05, 0.1) is 12.8 Å². The molecule has 76 valence electrons. The average Bonchev–Trinajstić information content (AvgIpc) is 2.27. The zero-order chi connectivity index (χ0) is 10.8. The monoisotopic (exact) mass is 218 g/mol. The Bertz CT molecular complexity index is 525. The van der Waals surface area contributed by atoms with Crippen LogP contribution in [0.4, 0.5) is 0 Å². The van der Waals surface area contributed by atoms with E-state index in [0.717, 1.165) is 16.7 Å². The summed E-state index contributed by atoms with van der Waals surface area (Å²) >= 11 is 4.88. The minimum atomic E-state index is 0.294. The largest absolute Gasteiger partial charge is 0.494 e. The second kappa shape index (κ2) is 3.82. The molecule has 15 heavy (non-hydrogen) atoms. The maximum absolute atomic E-state index is 5.52. The third kappa shape index (κ3) is 1.76. The number of fused-ring (bicyclic) bond motifs is 1. The second-order valence-electron chi connectivity index (χ2n) is 3.09. The molecule has 0 aliphatic heterocycles. The van der Waals surface area contributed by atoms with Crippen molar-refractivity contribution in [2.75, 3.05) is 7.11 Å². The number of hydrogen-bond acceptors (Lipinski definition) is 3. The van der Waals surface area contributed by atoms with Gasteiger partial charge in [-0.1, -0.05) is 30.4 Å². The van der Waals surface area contributed by atoms with Gasteiger partial charge in [0.25, 0.3) is 0 Å². The molecule has 0 aliphatic rings.